The summed E-state index contributed by atoms with van der Waals surface area (Å²) >= 11 is 0. The third kappa shape index (κ3) is 7.31. The summed E-state index contributed by atoms with van der Waals surface area (Å²) in [6, 6.07) is 16.9. The second-order valence-electron chi connectivity index (χ2n) is 9.69. The first-order valence-corrected chi connectivity index (χ1v) is 13.2. The fourth-order valence-electron chi connectivity index (χ4n) is 5.05. The van der Waals surface area contributed by atoms with Crippen molar-refractivity contribution in [2.45, 2.75) is 51.5 Å². The van der Waals surface area contributed by atoms with Gasteiger partial charge in [-0.3, -0.25) is 4.90 Å². The van der Waals surface area contributed by atoms with E-state index in [1.165, 1.54) is 0 Å². The summed E-state index contributed by atoms with van der Waals surface area (Å²) in [5, 5.41) is 24.1. The van der Waals surface area contributed by atoms with Gasteiger partial charge < -0.3 is 24.1 Å². The van der Waals surface area contributed by atoms with Crippen molar-refractivity contribution in [3.05, 3.63) is 90.2 Å². The van der Waals surface area contributed by atoms with Crippen LogP contribution < -0.4 is 4.74 Å². The highest BCUT2D eigenvalue weighted by atomic mass is 35.5. The van der Waals surface area contributed by atoms with Crippen LogP contribution in [0.15, 0.2) is 83.3 Å². The SMILES string of the molecule is CCOC(=O)COc1ccc(C[C@@H](C)N(CC(O)c2cc3ccccc3o2)C2(O)C=CC=C[C@H]2CC)cc1.Cl. The Morgan fingerprint density at radius 1 is 1.13 bits per heavy atom. The number of aliphatic hydroxyl groups excluding tert-OH is 1. The van der Waals surface area contributed by atoms with Gasteiger partial charge in [-0.2, -0.15) is 0 Å². The number of furan rings is 1. The van der Waals surface area contributed by atoms with E-state index in [2.05, 4.69) is 0 Å². The minimum Gasteiger partial charge on any atom is -0.482 e. The quantitative estimate of drug-likeness (QED) is 0.222. The number of carbonyl (C=O) groups is 1. The maximum absolute atomic E-state index is 12.0. The molecule has 2 aromatic carbocycles. The van der Waals surface area contributed by atoms with Crippen molar-refractivity contribution in [3.8, 4) is 5.75 Å². The Labute approximate surface area is 236 Å². The molecule has 0 saturated heterocycles. The minimum atomic E-state index is -1.27. The monoisotopic (exact) mass is 555 g/mol. The van der Waals surface area contributed by atoms with Crippen molar-refractivity contribution in [1.29, 1.82) is 0 Å². The summed E-state index contributed by atoms with van der Waals surface area (Å²) in [6.07, 6.45) is 8.09. The summed E-state index contributed by atoms with van der Waals surface area (Å²) in [6.45, 7) is 6.22. The van der Waals surface area contributed by atoms with E-state index in [0.717, 1.165) is 23.0 Å². The first kappa shape index (κ1) is 30.4. The van der Waals surface area contributed by atoms with Crippen molar-refractivity contribution in [2.75, 3.05) is 19.8 Å². The van der Waals surface area contributed by atoms with Crippen LogP contribution in [0.1, 0.15) is 44.6 Å². The largest absolute Gasteiger partial charge is 0.482 e. The van der Waals surface area contributed by atoms with Crippen LogP contribution in [-0.2, 0) is 16.0 Å². The highest BCUT2D eigenvalue weighted by Crippen LogP contribution is 2.35. The number of aliphatic hydroxyl groups is 2. The standard InChI is InChI=1S/C31H37NO6.ClH/c1-4-25-11-8-9-17-31(25,35)32(20-27(33)29-19-24-10-6-7-12-28(24)38-29)22(3)18-23-13-15-26(16-14-23)37-21-30(34)36-5-2;/h6-17,19,22,25,27,33,35H,4-5,18,20-21H2,1-3H3;1H/t22-,25-,27?,31?;/m1./s1. The van der Waals surface area contributed by atoms with Gasteiger partial charge in [0.15, 0.2) is 6.61 Å². The Balaban J connectivity index is 0.00000420. The van der Waals surface area contributed by atoms with Gasteiger partial charge >= 0.3 is 5.97 Å². The van der Waals surface area contributed by atoms with Crippen LogP contribution in [-0.4, -0.2) is 52.6 Å². The molecule has 2 unspecified atom stereocenters. The van der Waals surface area contributed by atoms with E-state index in [9.17, 15) is 15.0 Å². The van der Waals surface area contributed by atoms with E-state index < -0.39 is 17.8 Å². The third-order valence-electron chi connectivity index (χ3n) is 7.03. The van der Waals surface area contributed by atoms with Crippen molar-refractivity contribution in [2.24, 2.45) is 5.92 Å². The van der Waals surface area contributed by atoms with E-state index in [1.807, 2.05) is 97.6 Å². The fraction of sp³-hybridized carbons (Fsp3) is 0.387. The summed E-state index contributed by atoms with van der Waals surface area (Å²) in [5.41, 5.74) is 0.492. The maximum atomic E-state index is 12.0. The van der Waals surface area contributed by atoms with Crippen molar-refractivity contribution in [3.63, 3.8) is 0 Å². The number of carbonyl (C=O) groups excluding carboxylic acids is 1. The number of ether oxygens (including phenoxy) is 2. The lowest BCUT2D eigenvalue weighted by Crippen LogP contribution is -2.58. The number of benzene rings is 2. The van der Waals surface area contributed by atoms with Crippen LogP contribution in [0.5, 0.6) is 5.75 Å². The lowest BCUT2D eigenvalue weighted by molar-refractivity contribution is -0.145. The molecule has 3 aromatic rings. The average Bonchev–Trinajstić information content (AvgIpc) is 3.36. The lowest BCUT2D eigenvalue weighted by Gasteiger charge is -2.46. The summed E-state index contributed by atoms with van der Waals surface area (Å²) in [5.74, 6) is 0.517. The van der Waals surface area contributed by atoms with Crippen molar-refractivity contribution in [1.82, 2.24) is 4.90 Å². The predicted octanol–water partition coefficient (Wildman–Crippen LogP) is 5.60. The molecule has 0 fully saturated rings. The molecular formula is C31H38ClNO6. The molecule has 39 heavy (non-hydrogen) atoms. The average molecular weight is 556 g/mol. The molecule has 4 rings (SSSR count). The number of rotatable bonds is 12. The van der Waals surface area contributed by atoms with Gasteiger partial charge in [-0.1, -0.05) is 55.5 Å². The molecule has 210 valence electrons. The van der Waals surface area contributed by atoms with E-state index in [-0.39, 0.29) is 37.5 Å². The van der Waals surface area contributed by atoms with Crippen LogP contribution in [0, 0.1) is 5.92 Å². The zero-order chi connectivity index (χ0) is 27.1. The number of allylic oxidation sites excluding steroid dienone is 2. The molecule has 0 spiro atoms. The second-order valence-corrected chi connectivity index (χ2v) is 9.69. The molecule has 8 heteroatoms. The van der Waals surface area contributed by atoms with E-state index in [1.54, 1.807) is 6.92 Å². The molecule has 1 aromatic heterocycles. The van der Waals surface area contributed by atoms with Crippen LogP contribution in [0.4, 0.5) is 0 Å². The van der Waals surface area contributed by atoms with Gasteiger partial charge in [-0.15, -0.1) is 12.4 Å². The maximum Gasteiger partial charge on any atom is 0.344 e. The van der Waals surface area contributed by atoms with E-state index in [0.29, 0.717) is 24.5 Å². The second kappa shape index (κ2) is 13.8. The molecule has 0 aliphatic heterocycles. The molecule has 4 atom stereocenters. The summed E-state index contributed by atoms with van der Waals surface area (Å²) < 4.78 is 16.3. The zero-order valence-electron chi connectivity index (χ0n) is 22.7. The molecule has 7 nitrogen and oxygen atoms in total. The van der Waals surface area contributed by atoms with E-state index in [4.69, 9.17) is 13.9 Å². The van der Waals surface area contributed by atoms with Gasteiger partial charge in [0, 0.05) is 23.9 Å². The van der Waals surface area contributed by atoms with Gasteiger partial charge in [0.05, 0.1) is 6.61 Å². The first-order valence-electron chi connectivity index (χ1n) is 13.2. The van der Waals surface area contributed by atoms with Gasteiger partial charge in [0.25, 0.3) is 0 Å². The van der Waals surface area contributed by atoms with Gasteiger partial charge in [0.2, 0.25) is 0 Å². The normalized spacial score (nSPS) is 20.0. The molecule has 1 aliphatic carbocycles. The molecular weight excluding hydrogens is 518 g/mol. The lowest BCUT2D eigenvalue weighted by atomic mass is 9.85. The Morgan fingerprint density at radius 3 is 2.56 bits per heavy atom. The minimum absolute atomic E-state index is 0. The number of para-hydroxylation sites is 1. The smallest absolute Gasteiger partial charge is 0.344 e. The molecule has 1 aliphatic rings. The van der Waals surface area contributed by atoms with Crippen LogP contribution >= 0.6 is 12.4 Å². The van der Waals surface area contributed by atoms with Crippen LogP contribution in [0.25, 0.3) is 11.0 Å². The summed E-state index contributed by atoms with van der Waals surface area (Å²) in [7, 11) is 0. The highest BCUT2D eigenvalue weighted by molar-refractivity contribution is 5.85. The predicted molar refractivity (Wildman–Crippen MR) is 154 cm³/mol. The Kier molecular flexibility index (Phi) is 10.8. The number of hydrogen-bond donors (Lipinski definition) is 2. The van der Waals surface area contributed by atoms with Gasteiger partial charge in [-0.25, -0.2) is 4.79 Å². The number of halogens is 1. The number of esters is 1. The Morgan fingerprint density at radius 2 is 1.87 bits per heavy atom. The topological polar surface area (TPSA) is 92.4 Å². The molecule has 0 saturated carbocycles. The summed E-state index contributed by atoms with van der Waals surface area (Å²) in [4.78, 5) is 13.5. The zero-order valence-corrected chi connectivity index (χ0v) is 23.5. The molecule has 0 radical (unpaired) electrons. The van der Waals surface area contributed by atoms with E-state index >= 15 is 0 Å². The number of nitrogens with zero attached hydrogens (tertiary/aromatic N) is 1. The third-order valence-corrected chi connectivity index (χ3v) is 7.03. The highest BCUT2D eigenvalue weighted by Gasteiger charge is 2.42. The van der Waals surface area contributed by atoms with Crippen molar-refractivity contribution >= 4 is 29.3 Å². The molecule has 2 N–H and O–H groups in total. The fourth-order valence-corrected chi connectivity index (χ4v) is 5.05. The molecule has 1 heterocycles. The Bertz CT molecular complexity index is 1240. The van der Waals surface area contributed by atoms with Crippen molar-refractivity contribution < 1.29 is 28.9 Å². The van der Waals surface area contributed by atoms with Crippen LogP contribution in [0.3, 0.4) is 0 Å². The number of fused-ring (bicyclic) bond motifs is 1. The molecule has 0 bridgehead atoms. The van der Waals surface area contributed by atoms with Gasteiger partial charge in [-0.05, 0) is 62.6 Å². The first-order chi connectivity index (χ1) is 18.3. The number of hydrogen-bond acceptors (Lipinski definition) is 7. The van der Waals surface area contributed by atoms with Crippen LogP contribution in [0.2, 0.25) is 0 Å². The molecule has 0 amide bonds. The van der Waals surface area contributed by atoms with Gasteiger partial charge in [0.1, 0.15) is 28.9 Å². The Hall–Kier alpha value is -3.10.